The number of nitrogens with one attached hydrogen (secondary N) is 2. The molecule has 0 bridgehead atoms. The van der Waals surface area contributed by atoms with Crippen molar-refractivity contribution in [3.05, 3.63) is 100 Å². The van der Waals surface area contributed by atoms with Gasteiger partial charge in [0.25, 0.3) is 0 Å². The molecule has 0 saturated carbocycles. The molecular weight excluding hydrogens is 411 g/mol. The van der Waals surface area contributed by atoms with Gasteiger partial charge in [0.2, 0.25) is 0 Å². The Morgan fingerprint density at radius 2 is 1.55 bits per heavy atom. The minimum absolute atomic E-state index is 0.0683. The third kappa shape index (κ3) is 3.85. The van der Waals surface area contributed by atoms with Gasteiger partial charge in [-0.1, -0.05) is 60.7 Å². The van der Waals surface area contributed by atoms with E-state index in [-0.39, 0.29) is 11.7 Å². The molecule has 0 aromatic heterocycles. The van der Waals surface area contributed by atoms with Gasteiger partial charge in [0.15, 0.2) is 5.69 Å². The Morgan fingerprint density at radius 1 is 0.931 bits per heavy atom. The molecule has 5 nitrogen and oxygen atoms in total. The Labute approximate surface area is 178 Å². The molecule has 4 rings (SSSR count). The van der Waals surface area contributed by atoms with E-state index in [0.29, 0.717) is 16.8 Å². The van der Waals surface area contributed by atoms with Crippen molar-refractivity contribution in [2.24, 2.45) is 0 Å². The molecule has 1 heterocycles. The molecule has 0 saturated heterocycles. The van der Waals surface area contributed by atoms with Crippen molar-refractivity contribution < 1.29 is 15.5 Å². The van der Waals surface area contributed by atoms with E-state index in [1.807, 2.05) is 60.7 Å². The minimum Gasteiger partial charge on any atom is -0.595 e. The lowest BCUT2D eigenvalue weighted by Gasteiger charge is -2.23. The summed E-state index contributed by atoms with van der Waals surface area (Å²) in [5.41, 5.74) is 3.36. The van der Waals surface area contributed by atoms with E-state index in [9.17, 15) is 15.5 Å². The molecule has 0 fully saturated rings. The van der Waals surface area contributed by atoms with Crippen LogP contribution in [-0.4, -0.2) is 10.3 Å². The Kier molecular flexibility index (Phi) is 5.79. The van der Waals surface area contributed by atoms with Gasteiger partial charge in [-0.3, -0.25) is 0 Å². The van der Waals surface area contributed by atoms with Gasteiger partial charge >= 0.3 is 0 Å². The maximum Gasteiger partial charge on any atom is 0.170 e. The standard InChI is InChI=1S/C22H20Cl2N2O3/c23-19(13-7-3-1-4-8-13)20(24)16-11-15-17(12-18(16)26(28)29)25-21(22(15)27)14-9-5-2-6-10-14/h1-12,19-22,25-28H/t19-,20+,21+,22+/m1/s1. The van der Waals surface area contributed by atoms with Gasteiger partial charge in [-0.2, -0.15) is 5.23 Å². The zero-order valence-corrected chi connectivity index (χ0v) is 16.8. The van der Waals surface area contributed by atoms with Crippen LogP contribution in [0.4, 0.5) is 11.4 Å². The first-order valence-electron chi connectivity index (χ1n) is 9.21. The third-order valence-corrected chi connectivity index (χ3v) is 6.35. The van der Waals surface area contributed by atoms with E-state index in [4.69, 9.17) is 23.2 Å². The van der Waals surface area contributed by atoms with E-state index in [1.54, 1.807) is 6.07 Å². The quantitative estimate of drug-likeness (QED) is 0.353. The molecule has 0 spiro atoms. The first-order valence-corrected chi connectivity index (χ1v) is 10.1. The van der Waals surface area contributed by atoms with Crippen molar-refractivity contribution in [3.8, 4) is 0 Å². The number of fused-ring (bicyclic) bond motifs is 1. The van der Waals surface area contributed by atoms with Crippen LogP contribution in [0.5, 0.6) is 0 Å². The molecule has 0 amide bonds. The number of anilines is 1. The zero-order chi connectivity index (χ0) is 20.5. The minimum atomic E-state index is -1.09. The van der Waals surface area contributed by atoms with Crippen molar-refractivity contribution in [1.29, 1.82) is 0 Å². The monoisotopic (exact) mass is 430 g/mol. The van der Waals surface area contributed by atoms with E-state index < -0.39 is 22.1 Å². The zero-order valence-electron chi connectivity index (χ0n) is 15.3. The van der Waals surface area contributed by atoms with Gasteiger partial charge in [0.05, 0.1) is 16.8 Å². The average molecular weight is 431 g/mol. The van der Waals surface area contributed by atoms with E-state index in [2.05, 4.69) is 5.32 Å². The van der Waals surface area contributed by atoms with Crippen LogP contribution in [0.15, 0.2) is 72.8 Å². The van der Waals surface area contributed by atoms with Crippen LogP contribution in [-0.2, 0) is 0 Å². The number of benzene rings is 3. The second kappa shape index (κ2) is 8.32. The molecule has 0 radical (unpaired) electrons. The summed E-state index contributed by atoms with van der Waals surface area (Å²) >= 11 is 13.2. The number of aliphatic hydroxyl groups excluding tert-OH is 1. The number of aliphatic hydroxyl groups is 1. The molecule has 29 heavy (non-hydrogen) atoms. The molecule has 0 aliphatic carbocycles. The fourth-order valence-electron chi connectivity index (χ4n) is 3.73. The number of halogens is 2. The molecule has 4 N–H and O–H groups in total. The van der Waals surface area contributed by atoms with Crippen LogP contribution in [0.2, 0.25) is 0 Å². The average Bonchev–Trinajstić information content (AvgIpc) is 3.08. The van der Waals surface area contributed by atoms with E-state index >= 15 is 0 Å². The molecule has 1 aliphatic rings. The topological polar surface area (TPSA) is 80.0 Å². The lowest BCUT2D eigenvalue weighted by Crippen LogP contribution is -2.99. The highest BCUT2D eigenvalue weighted by Gasteiger charge is 2.35. The van der Waals surface area contributed by atoms with Crippen molar-refractivity contribution >= 4 is 34.6 Å². The molecule has 3 aromatic carbocycles. The number of hydrogen-bond donors (Lipinski definition) is 4. The van der Waals surface area contributed by atoms with Crippen LogP contribution < -0.4 is 10.5 Å². The number of rotatable bonds is 5. The fourth-order valence-corrected chi connectivity index (χ4v) is 4.34. The molecule has 7 heteroatoms. The summed E-state index contributed by atoms with van der Waals surface area (Å²) in [7, 11) is 0. The number of quaternary nitrogens is 1. The second-order valence-electron chi connectivity index (χ2n) is 7.02. The molecule has 3 aromatic rings. The number of alkyl halides is 2. The first-order chi connectivity index (χ1) is 14.0. The summed E-state index contributed by atoms with van der Waals surface area (Å²) in [4.78, 5) is 0. The molecule has 1 unspecified atom stereocenters. The lowest BCUT2D eigenvalue weighted by atomic mass is 9.95. The van der Waals surface area contributed by atoms with Crippen molar-refractivity contribution in [3.63, 3.8) is 0 Å². The molecule has 5 atom stereocenters. The van der Waals surface area contributed by atoms with Gasteiger partial charge in [-0.05, 0) is 17.2 Å². The van der Waals surface area contributed by atoms with Crippen molar-refractivity contribution in [2.75, 3.05) is 5.32 Å². The fraction of sp³-hybridized carbons (Fsp3) is 0.182. The van der Waals surface area contributed by atoms with Gasteiger partial charge in [0.1, 0.15) is 6.10 Å². The predicted molar refractivity (Wildman–Crippen MR) is 114 cm³/mol. The summed E-state index contributed by atoms with van der Waals surface area (Å²) in [6.07, 6.45) is -0.830. The number of hydrogen-bond acceptors (Lipinski definition) is 4. The molecular formula is C22H20Cl2N2O3. The van der Waals surface area contributed by atoms with Crippen LogP contribution in [0.3, 0.4) is 0 Å². The molecule has 1 aliphatic heterocycles. The van der Waals surface area contributed by atoms with Gasteiger partial charge in [0, 0.05) is 22.9 Å². The maximum absolute atomic E-state index is 11.9. The van der Waals surface area contributed by atoms with Gasteiger partial charge < -0.3 is 15.6 Å². The summed E-state index contributed by atoms with van der Waals surface area (Å²) in [6.45, 7) is 0. The molecule has 150 valence electrons. The summed E-state index contributed by atoms with van der Waals surface area (Å²) in [5.74, 6) is 0. The maximum atomic E-state index is 11.9. The van der Waals surface area contributed by atoms with Crippen LogP contribution in [0.1, 0.15) is 45.2 Å². The van der Waals surface area contributed by atoms with E-state index in [0.717, 1.165) is 11.1 Å². The van der Waals surface area contributed by atoms with Gasteiger partial charge in [-0.15, -0.1) is 23.2 Å². The summed E-state index contributed by atoms with van der Waals surface area (Å²) < 4.78 is 0. The lowest BCUT2D eigenvalue weighted by molar-refractivity contribution is -0.991. The Hall–Kier alpha value is -2.12. The Balaban J connectivity index is 1.73. The highest BCUT2D eigenvalue weighted by Crippen LogP contribution is 2.48. The summed E-state index contributed by atoms with van der Waals surface area (Å²) in [5, 5.41) is 33.3. The predicted octanol–water partition coefficient (Wildman–Crippen LogP) is 4.55. The normalized spacial score (nSPS) is 21.1. The highest BCUT2D eigenvalue weighted by atomic mass is 35.5. The Bertz CT molecular complexity index is 986. The van der Waals surface area contributed by atoms with Gasteiger partial charge in [-0.25, -0.2) is 5.21 Å². The van der Waals surface area contributed by atoms with Crippen molar-refractivity contribution in [2.45, 2.75) is 22.9 Å². The van der Waals surface area contributed by atoms with Crippen LogP contribution in [0.25, 0.3) is 0 Å². The van der Waals surface area contributed by atoms with E-state index in [1.165, 1.54) is 6.07 Å². The largest absolute Gasteiger partial charge is 0.595 e. The second-order valence-corrected chi connectivity index (χ2v) is 7.96. The Morgan fingerprint density at radius 3 is 2.17 bits per heavy atom. The first kappa shape index (κ1) is 20.2. The summed E-state index contributed by atoms with van der Waals surface area (Å²) in [6, 6.07) is 21.6. The third-order valence-electron chi connectivity index (χ3n) is 5.23. The van der Waals surface area contributed by atoms with Crippen molar-refractivity contribution in [1.82, 2.24) is 0 Å². The van der Waals surface area contributed by atoms with Crippen LogP contribution >= 0.6 is 23.2 Å². The van der Waals surface area contributed by atoms with Crippen LogP contribution in [0, 0.1) is 5.21 Å². The smallest absolute Gasteiger partial charge is 0.170 e. The SMILES string of the molecule is [O-][NH+](O)c1cc2c(cc1[C@H](Cl)[C@H](Cl)c1ccccc1)[C@H](O)[C@H](c1ccccc1)N2. The highest BCUT2D eigenvalue weighted by molar-refractivity contribution is 6.30.